The van der Waals surface area contributed by atoms with E-state index in [0.29, 0.717) is 56.3 Å². The molecule has 6 rings (SSSR count). The Morgan fingerprint density at radius 2 is 1.71 bits per heavy atom. The molecule has 63 heavy (non-hydrogen) atoms. The van der Waals surface area contributed by atoms with Crippen molar-refractivity contribution in [3.05, 3.63) is 96.6 Å². The molecule has 7 unspecified atom stereocenters. The fraction of sp³-hybridized carbons (Fsp3) is 0.592. The van der Waals surface area contributed by atoms with Crippen LogP contribution in [-0.4, -0.2) is 123 Å². The van der Waals surface area contributed by atoms with Crippen molar-refractivity contribution >= 4 is 11.8 Å². The number of nitrogens with zero attached hydrogens (tertiary/aromatic N) is 2. The molecule has 346 valence electrons. The van der Waals surface area contributed by atoms with E-state index >= 15 is 0 Å². The number of ether oxygens (including phenoxy) is 7. The molecule has 3 N–H and O–H groups in total. The van der Waals surface area contributed by atoms with Crippen LogP contribution in [0, 0.1) is 17.8 Å². The van der Waals surface area contributed by atoms with Crippen molar-refractivity contribution in [2.45, 2.75) is 94.9 Å². The van der Waals surface area contributed by atoms with E-state index in [9.17, 15) is 20.1 Å². The standard InChI is InChI=1S/C49H68N2O12/c1-3-25-58-38-19-20-43-41(33-38)46-39(17-9-12-23-53)37(16-8-11-22-52)32-40-42(50-63-45-18-10-13-27-59-45)34-44(49(62-43,47(40)46)61-26-4-2)51(21-28-56-29-24-54)48(55)60-31-30-57-35-36-14-6-5-7-15-36/h3-7,14-15,19-20,32-33,37,39,44-47,52-54H,1-2,8-13,16-18,21-31,34-35H2. The highest BCUT2D eigenvalue weighted by Gasteiger charge is 2.65. The number of benzene rings is 2. The highest BCUT2D eigenvalue weighted by molar-refractivity contribution is 6.03. The SMILES string of the molecule is C=CCOc1ccc2c(c1)C1C(CCCCO)C(CCCCO)C=C3C(=NOC4CCCCO4)CC(N(CCOCCO)C(=O)OCCOCc4ccccc4)C(OCC=C)(O2)C31. The van der Waals surface area contributed by atoms with E-state index in [-0.39, 0.29) is 83.6 Å². The Morgan fingerprint density at radius 3 is 2.46 bits per heavy atom. The minimum atomic E-state index is -1.49. The maximum absolute atomic E-state index is 14.7. The second kappa shape index (κ2) is 25.3. The first-order chi connectivity index (χ1) is 31.0. The van der Waals surface area contributed by atoms with Crippen molar-refractivity contribution in [3.63, 3.8) is 0 Å². The molecule has 1 saturated carbocycles. The van der Waals surface area contributed by atoms with Gasteiger partial charge in [0.15, 0.2) is 0 Å². The number of carbonyl (C=O) groups excluding carboxylic acids is 1. The van der Waals surface area contributed by atoms with Crippen molar-refractivity contribution in [1.29, 1.82) is 0 Å². The quantitative estimate of drug-likeness (QED) is 0.0475. The molecule has 2 aliphatic carbocycles. The molecular weight excluding hydrogens is 809 g/mol. The molecule has 0 radical (unpaired) electrons. The van der Waals surface area contributed by atoms with E-state index in [2.05, 4.69) is 19.2 Å². The number of hydrogen-bond acceptors (Lipinski definition) is 13. The van der Waals surface area contributed by atoms with E-state index in [1.165, 1.54) is 0 Å². The fourth-order valence-electron chi connectivity index (χ4n) is 9.55. The Kier molecular flexibility index (Phi) is 19.3. The van der Waals surface area contributed by atoms with Gasteiger partial charge >= 0.3 is 6.09 Å². The summed E-state index contributed by atoms with van der Waals surface area (Å²) >= 11 is 0. The zero-order valence-electron chi connectivity index (χ0n) is 36.7. The van der Waals surface area contributed by atoms with Gasteiger partial charge in [0.05, 0.1) is 57.9 Å². The van der Waals surface area contributed by atoms with E-state index in [1.54, 1.807) is 17.1 Å². The molecule has 0 bridgehead atoms. The number of rotatable bonds is 27. The van der Waals surface area contributed by atoms with Gasteiger partial charge in [0.2, 0.25) is 12.1 Å². The molecule has 1 saturated heterocycles. The van der Waals surface area contributed by atoms with Crippen LogP contribution in [0.25, 0.3) is 0 Å². The highest BCUT2D eigenvalue weighted by Crippen LogP contribution is 2.62. The lowest BCUT2D eigenvalue weighted by Crippen LogP contribution is -2.70. The molecule has 0 spiro atoms. The Morgan fingerprint density at radius 1 is 0.905 bits per heavy atom. The van der Waals surface area contributed by atoms with Gasteiger partial charge in [-0.05, 0) is 79.7 Å². The van der Waals surface area contributed by atoms with Crippen LogP contribution in [0.3, 0.4) is 0 Å². The van der Waals surface area contributed by atoms with Gasteiger partial charge in [0, 0.05) is 44.1 Å². The molecule has 2 aromatic rings. The summed E-state index contributed by atoms with van der Waals surface area (Å²) in [6.45, 7) is 9.68. The van der Waals surface area contributed by atoms with Crippen LogP contribution >= 0.6 is 0 Å². The molecule has 14 heteroatoms. The maximum atomic E-state index is 14.7. The molecule has 4 aliphatic rings. The summed E-state index contributed by atoms with van der Waals surface area (Å²) in [7, 11) is 0. The minimum absolute atomic E-state index is 0.00713. The fourth-order valence-corrected chi connectivity index (χ4v) is 9.55. The lowest BCUT2D eigenvalue weighted by atomic mass is 9.55. The average Bonchev–Trinajstić information content (AvgIpc) is 3.31. The van der Waals surface area contributed by atoms with Gasteiger partial charge in [0.25, 0.3) is 0 Å². The Balaban J connectivity index is 1.48. The van der Waals surface area contributed by atoms with Crippen LogP contribution in [0.4, 0.5) is 4.79 Å². The molecule has 14 nitrogen and oxygen atoms in total. The predicted octanol–water partition coefficient (Wildman–Crippen LogP) is 7.08. The van der Waals surface area contributed by atoms with Crippen LogP contribution in [0.2, 0.25) is 0 Å². The highest BCUT2D eigenvalue weighted by atomic mass is 16.8. The zero-order chi connectivity index (χ0) is 44.3. The second-order valence-corrected chi connectivity index (χ2v) is 16.5. The van der Waals surface area contributed by atoms with Crippen LogP contribution in [-0.2, 0) is 35.1 Å². The predicted molar refractivity (Wildman–Crippen MR) is 237 cm³/mol. The molecule has 1 amide bonds. The molecule has 2 aromatic carbocycles. The summed E-state index contributed by atoms with van der Waals surface area (Å²) in [5.41, 5.74) is 3.51. The number of carbonyl (C=O) groups is 1. The second-order valence-electron chi connectivity index (χ2n) is 16.5. The third kappa shape index (κ3) is 12.5. The summed E-state index contributed by atoms with van der Waals surface area (Å²) in [5.74, 6) is -0.896. The maximum Gasteiger partial charge on any atom is 0.410 e. The van der Waals surface area contributed by atoms with Crippen LogP contribution < -0.4 is 9.47 Å². The number of oxime groups is 1. The van der Waals surface area contributed by atoms with Gasteiger partial charge in [-0.3, -0.25) is 4.90 Å². The van der Waals surface area contributed by atoms with Crippen molar-refractivity contribution in [1.82, 2.24) is 4.90 Å². The van der Waals surface area contributed by atoms with Gasteiger partial charge in [-0.2, -0.15) is 0 Å². The number of unbranched alkanes of at least 4 members (excludes halogenated alkanes) is 2. The first-order valence-corrected chi connectivity index (χ1v) is 22.8. The summed E-state index contributed by atoms with van der Waals surface area (Å²) in [6, 6.07) is 14.8. The zero-order valence-corrected chi connectivity index (χ0v) is 36.7. The van der Waals surface area contributed by atoms with Crippen LogP contribution in [0.5, 0.6) is 11.5 Å². The number of fused-ring (bicyclic) bond motifs is 2. The Labute approximate surface area is 372 Å². The van der Waals surface area contributed by atoms with Crippen molar-refractivity contribution in [2.75, 3.05) is 72.6 Å². The van der Waals surface area contributed by atoms with Gasteiger partial charge in [-0.15, -0.1) is 6.58 Å². The third-order valence-electron chi connectivity index (χ3n) is 12.3. The summed E-state index contributed by atoms with van der Waals surface area (Å²) in [4.78, 5) is 22.5. The molecule has 2 heterocycles. The number of aliphatic hydroxyl groups excluding tert-OH is 3. The smallest absolute Gasteiger partial charge is 0.410 e. The molecule has 2 aliphatic heterocycles. The van der Waals surface area contributed by atoms with Crippen molar-refractivity contribution < 1.29 is 58.1 Å². The number of aliphatic hydroxyl groups is 3. The van der Waals surface area contributed by atoms with Crippen molar-refractivity contribution in [2.24, 2.45) is 22.9 Å². The van der Waals surface area contributed by atoms with E-state index < -0.39 is 30.1 Å². The van der Waals surface area contributed by atoms with E-state index in [4.69, 9.17) is 43.2 Å². The lowest BCUT2D eigenvalue weighted by molar-refractivity contribution is -0.256. The lowest BCUT2D eigenvalue weighted by Gasteiger charge is -2.59. The minimum Gasteiger partial charge on any atom is -0.490 e. The average molecular weight is 877 g/mol. The van der Waals surface area contributed by atoms with Gasteiger partial charge in [-0.1, -0.05) is 73.1 Å². The topological polar surface area (TPSA) is 167 Å². The molecule has 0 aromatic heterocycles. The third-order valence-corrected chi connectivity index (χ3v) is 12.3. The first kappa shape index (κ1) is 48.2. The Hall–Kier alpha value is -4.28. The monoisotopic (exact) mass is 876 g/mol. The summed E-state index contributed by atoms with van der Waals surface area (Å²) in [6.07, 6.45) is 11.8. The Bertz CT molecular complexity index is 1780. The molecule has 7 atom stereocenters. The molecule has 2 fully saturated rings. The van der Waals surface area contributed by atoms with E-state index in [0.717, 1.165) is 55.2 Å². The summed E-state index contributed by atoms with van der Waals surface area (Å²) < 4.78 is 44.1. The summed E-state index contributed by atoms with van der Waals surface area (Å²) in [5, 5.41) is 34.4. The number of allylic oxidation sites excluding steroid dienone is 1. The van der Waals surface area contributed by atoms with Gasteiger partial charge in [0.1, 0.15) is 30.8 Å². The van der Waals surface area contributed by atoms with Crippen LogP contribution in [0.15, 0.2) is 90.6 Å². The van der Waals surface area contributed by atoms with Gasteiger partial charge < -0.3 is 53.3 Å². The van der Waals surface area contributed by atoms with E-state index in [1.807, 2.05) is 48.5 Å². The normalized spacial score (nSPS) is 25.5. The van der Waals surface area contributed by atoms with Crippen LogP contribution in [0.1, 0.15) is 81.3 Å². The number of hydrogen-bond donors (Lipinski definition) is 3. The largest absolute Gasteiger partial charge is 0.490 e. The first-order valence-electron chi connectivity index (χ1n) is 22.8. The van der Waals surface area contributed by atoms with Gasteiger partial charge in [-0.25, -0.2) is 4.79 Å². The molecular formula is C49H68N2O12. The van der Waals surface area contributed by atoms with Crippen molar-refractivity contribution in [3.8, 4) is 11.5 Å². The number of amides is 1.